The van der Waals surface area contributed by atoms with Crippen LogP contribution >= 0.6 is 23.4 Å². The van der Waals surface area contributed by atoms with Crippen LogP contribution in [0.4, 0.5) is 0 Å². The number of likely N-dealkylation sites (N-methyl/N-ethyl adjacent to an activating group) is 1. The highest BCUT2D eigenvalue weighted by Gasteiger charge is 2.34. The molecule has 7 heteroatoms. The summed E-state index contributed by atoms with van der Waals surface area (Å²) in [6.45, 7) is 2.70. The van der Waals surface area contributed by atoms with Gasteiger partial charge < -0.3 is 14.5 Å². The molecule has 1 heterocycles. The van der Waals surface area contributed by atoms with Gasteiger partial charge >= 0.3 is 5.97 Å². The van der Waals surface area contributed by atoms with Crippen LogP contribution in [0.15, 0.2) is 24.3 Å². The molecule has 1 aromatic rings. The summed E-state index contributed by atoms with van der Waals surface area (Å²) in [5, 5.41) is 0.616. The first-order valence-electron chi connectivity index (χ1n) is 7.51. The van der Waals surface area contributed by atoms with Gasteiger partial charge in [0.2, 0.25) is 0 Å². The standard InChI is InChI=1S/C16H21ClN2O3S/c1-11(16(21)22-3)18(2)10-14(20)19-8-9-23-15(19)12-6-4-5-7-13(12)17/h4-7,11,15H,8-10H2,1-3H3/p+1/t11-,15-/m1/s1. The summed E-state index contributed by atoms with van der Waals surface area (Å²) < 4.78 is 4.74. The third-order valence-electron chi connectivity index (χ3n) is 4.11. The number of benzene rings is 1. The lowest BCUT2D eigenvalue weighted by atomic mass is 10.2. The summed E-state index contributed by atoms with van der Waals surface area (Å²) in [5.41, 5.74) is 0.962. The van der Waals surface area contributed by atoms with E-state index in [1.807, 2.05) is 36.2 Å². The van der Waals surface area contributed by atoms with E-state index in [9.17, 15) is 9.59 Å². The van der Waals surface area contributed by atoms with Crippen LogP contribution < -0.4 is 4.90 Å². The smallest absolute Gasteiger partial charge is 0.364 e. The van der Waals surface area contributed by atoms with Crippen LogP contribution in [0.5, 0.6) is 0 Å². The molecule has 0 saturated carbocycles. The molecule has 1 fully saturated rings. The van der Waals surface area contributed by atoms with Crippen molar-refractivity contribution in [2.24, 2.45) is 0 Å². The van der Waals surface area contributed by atoms with Gasteiger partial charge in [-0.2, -0.15) is 0 Å². The molecular formula is C16H22ClN2O3S+. The van der Waals surface area contributed by atoms with Gasteiger partial charge in [0.15, 0.2) is 12.6 Å². The minimum atomic E-state index is -0.377. The number of thioether (sulfide) groups is 1. The molecule has 0 aromatic heterocycles. The van der Waals surface area contributed by atoms with E-state index in [0.717, 1.165) is 16.2 Å². The molecule has 1 amide bonds. The first-order valence-corrected chi connectivity index (χ1v) is 8.94. The average Bonchev–Trinajstić information content (AvgIpc) is 3.03. The van der Waals surface area contributed by atoms with Crippen molar-refractivity contribution in [1.82, 2.24) is 4.90 Å². The van der Waals surface area contributed by atoms with Crippen molar-refractivity contribution < 1.29 is 19.2 Å². The van der Waals surface area contributed by atoms with Gasteiger partial charge in [-0.25, -0.2) is 4.79 Å². The van der Waals surface area contributed by atoms with E-state index in [1.165, 1.54) is 7.11 Å². The largest absolute Gasteiger partial charge is 0.465 e. The van der Waals surface area contributed by atoms with Gasteiger partial charge in [0, 0.05) is 22.9 Å². The van der Waals surface area contributed by atoms with Gasteiger partial charge in [0.05, 0.1) is 14.2 Å². The van der Waals surface area contributed by atoms with Crippen LogP contribution in [0.25, 0.3) is 0 Å². The Hall–Kier alpha value is -1.24. The number of halogens is 1. The van der Waals surface area contributed by atoms with Crippen molar-refractivity contribution in [2.45, 2.75) is 18.3 Å². The third-order valence-corrected chi connectivity index (χ3v) is 5.69. The molecule has 3 atom stereocenters. The van der Waals surface area contributed by atoms with Gasteiger partial charge in [-0.15, -0.1) is 11.8 Å². The molecule has 126 valence electrons. The Morgan fingerprint density at radius 3 is 2.83 bits per heavy atom. The fourth-order valence-corrected chi connectivity index (χ4v) is 4.15. The predicted octanol–water partition coefficient (Wildman–Crippen LogP) is 0.990. The first-order chi connectivity index (χ1) is 11.0. The molecule has 0 spiro atoms. The van der Waals surface area contributed by atoms with E-state index < -0.39 is 0 Å². The molecule has 1 unspecified atom stereocenters. The fraction of sp³-hybridized carbons (Fsp3) is 0.500. The Morgan fingerprint density at radius 1 is 1.48 bits per heavy atom. The van der Waals surface area contributed by atoms with E-state index in [0.29, 0.717) is 11.6 Å². The summed E-state index contributed by atoms with van der Waals surface area (Å²) in [4.78, 5) is 26.9. The maximum Gasteiger partial charge on any atom is 0.364 e. The number of nitrogens with one attached hydrogen (secondary N) is 1. The zero-order valence-electron chi connectivity index (χ0n) is 13.5. The van der Waals surface area contributed by atoms with E-state index in [-0.39, 0.29) is 29.8 Å². The summed E-state index contributed by atoms with van der Waals surface area (Å²) in [5.74, 6) is 0.592. The molecule has 1 aliphatic heterocycles. The van der Waals surface area contributed by atoms with Crippen molar-refractivity contribution in [3.05, 3.63) is 34.9 Å². The second kappa shape index (κ2) is 8.04. The average molecular weight is 358 g/mol. The lowest BCUT2D eigenvalue weighted by molar-refractivity contribution is -0.887. The Labute approximate surface area is 145 Å². The van der Waals surface area contributed by atoms with E-state index in [4.69, 9.17) is 16.3 Å². The quantitative estimate of drug-likeness (QED) is 0.798. The number of amides is 1. The van der Waals surface area contributed by atoms with Crippen LogP contribution in [-0.4, -0.2) is 55.8 Å². The van der Waals surface area contributed by atoms with Gasteiger partial charge in [0.25, 0.3) is 5.91 Å². The van der Waals surface area contributed by atoms with Crippen molar-refractivity contribution in [2.75, 3.05) is 33.0 Å². The molecule has 0 aliphatic carbocycles. The maximum absolute atomic E-state index is 12.7. The molecule has 1 aromatic carbocycles. The number of hydrogen-bond donors (Lipinski definition) is 1. The highest BCUT2D eigenvalue weighted by Crippen LogP contribution is 2.40. The summed E-state index contributed by atoms with van der Waals surface area (Å²) in [6.07, 6.45) is 0. The number of esters is 1. The number of hydrogen-bond acceptors (Lipinski definition) is 4. The van der Waals surface area contributed by atoms with Crippen molar-refractivity contribution >= 4 is 35.2 Å². The number of carbonyl (C=O) groups is 2. The lowest BCUT2D eigenvalue weighted by Crippen LogP contribution is -3.14. The number of quaternary nitrogens is 1. The van der Waals surface area contributed by atoms with E-state index in [2.05, 4.69) is 0 Å². The zero-order chi connectivity index (χ0) is 17.0. The van der Waals surface area contributed by atoms with Crippen LogP contribution in [-0.2, 0) is 14.3 Å². The molecule has 1 N–H and O–H groups in total. The highest BCUT2D eigenvalue weighted by atomic mass is 35.5. The number of rotatable bonds is 5. The van der Waals surface area contributed by atoms with Gasteiger partial charge in [-0.05, 0) is 13.0 Å². The molecular weight excluding hydrogens is 336 g/mol. The van der Waals surface area contributed by atoms with Crippen LogP contribution in [0, 0.1) is 0 Å². The first kappa shape index (κ1) is 18.1. The van der Waals surface area contributed by atoms with Crippen molar-refractivity contribution in [1.29, 1.82) is 0 Å². The SMILES string of the molecule is COC(=O)[C@@H](C)[NH+](C)CC(=O)N1CCS[C@@H]1c1ccccc1Cl. The minimum Gasteiger partial charge on any atom is -0.465 e. The van der Waals surface area contributed by atoms with Crippen molar-refractivity contribution in [3.63, 3.8) is 0 Å². The van der Waals surface area contributed by atoms with E-state index in [1.54, 1.807) is 18.7 Å². The highest BCUT2D eigenvalue weighted by molar-refractivity contribution is 7.99. The summed E-state index contributed by atoms with van der Waals surface area (Å²) in [7, 11) is 3.19. The molecule has 23 heavy (non-hydrogen) atoms. The number of ether oxygens (including phenoxy) is 1. The number of methoxy groups -OCH3 is 1. The molecule has 2 rings (SSSR count). The lowest BCUT2D eigenvalue weighted by Gasteiger charge is -2.27. The second-order valence-corrected chi connectivity index (χ2v) is 7.20. The Morgan fingerprint density at radius 2 is 2.17 bits per heavy atom. The second-order valence-electron chi connectivity index (χ2n) is 5.60. The summed E-state index contributed by atoms with van der Waals surface area (Å²) >= 11 is 7.99. The Bertz CT molecular complexity index is 584. The van der Waals surface area contributed by atoms with Crippen LogP contribution in [0.3, 0.4) is 0 Å². The molecule has 0 bridgehead atoms. The topological polar surface area (TPSA) is 51.1 Å². The Kier molecular flexibility index (Phi) is 6.33. The zero-order valence-corrected chi connectivity index (χ0v) is 15.1. The third kappa shape index (κ3) is 4.19. The number of nitrogens with zero attached hydrogens (tertiary/aromatic N) is 1. The molecule has 1 saturated heterocycles. The van der Waals surface area contributed by atoms with Crippen molar-refractivity contribution in [3.8, 4) is 0 Å². The van der Waals surface area contributed by atoms with Crippen LogP contribution in [0.1, 0.15) is 17.9 Å². The predicted molar refractivity (Wildman–Crippen MR) is 91.6 cm³/mol. The summed E-state index contributed by atoms with van der Waals surface area (Å²) in [6, 6.07) is 7.24. The van der Waals surface area contributed by atoms with Gasteiger partial charge in [0.1, 0.15) is 5.37 Å². The minimum absolute atomic E-state index is 0.0215. The van der Waals surface area contributed by atoms with Gasteiger partial charge in [-0.3, -0.25) is 4.79 Å². The number of carbonyl (C=O) groups excluding carboxylic acids is 2. The maximum atomic E-state index is 12.7. The van der Waals surface area contributed by atoms with Gasteiger partial charge in [-0.1, -0.05) is 29.8 Å². The van der Waals surface area contributed by atoms with E-state index >= 15 is 0 Å². The molecule has 0 radical (unpaired) electrons. The monoisotopic (exact) mass is 357 g/mol. The Balaban J connectivity index is 2.07. The molecule has 5 nitrogen and oxygen atoms in total. The molecule has 1 aliphatic rings. The fourth-order valence-electron chi connectivity index (χ4n) is 2.53. The van der Waals surface area contributed by atoms with Crippen LogP contribution in [0.2, 0.25) is 5.02 Å². The normalized spacial score (nSPS) is 20.2.